The van der Waals surface area contributed by atoms with Crippen LogP contribution < -0.4 is 20.7 Å². The van der Waals surface area contributed by atoms with Gasteiger partial charge in [0.1, 0.15) is 43.2 Å². The molecule has 0 bridgehead atoms. The first-order valence-corrected chi connectivity index (χ1v) is 13.4. The van der Waals surface area contributed by atoms with Crippen LogP contribution in [0.15, 0.2) is 53.2 Å². The number of hydrogen-bond donors (Lipinski definition) is 2. The molecule has 0 unspecified atom stereocenters. The number of rotatable bonds is 7. The number of aliphatic carboxylic acids is 1. The molecule has 0 spiro atoms. The summed E-state index contributed by atoms with van der Waals surface area (Å²) in [4.78, 5) is 48.3. The van der Waals surface area contributed by atoms with Gasteiger partial charge in [-0.3, -0.25) is 14.5 Å². The molecule has 2 amide bonds. The van der Waals surface area contributed by atoms with Crippen LogP contribution in [0.3, 0.4) is 0 Å². The highest BCUT2D eigenvalue weighted by molar-refractivity contribution is 14.1. The quantitative estimate of drug-likeness (QED) is 0.113. The number of nitrogens with two attached hydrogens (primary N) is 1. The zero-order chi connectivity index (χ0) is 25.6. The molecule has 3 N–H and O–H groups in total. The molecule has 5 rings (SSSR count). The van der Waals surface area contributed by atoms with Gasteiger partial charge in [-0.1, -0.05) is 22.6 Å². The summed E-state index contributed by atoms with van der Waals surface area (Å²) in [5.41, 5.74) is 7.11. The van der Waals surface area contributed by atoms with Gasteiger partial charge in [0, 0.05) is 17.4 Å². The number of nitrogens with one attached hydrogen (secondary N) is 1. The fourth-order valence-corrected chi connectivity index (χ4v) is 7.08. The third-order valence-corrected chi connectivity index (χ3v) is 8.87. The second-order valence-electron chi connectivity index (χ2n) is 7.79. The maximum Gasteiger partial charge on any atom is 0.286 e. The summed E-state index contributed by atoms with van der Waals surface area (Å²) in [6, 6.07) is 4.75. The molecule has 1 fully saturated rings. The molecule has 3 aromatic rings. The van der Waals surface area contributed by atoms with Crippen LogP contribution in [-0.2, 0) is 25.8 Å². The van der Waals surface area contributed by atoms with Crippen molar-refractivity contribution in [3.8, 4) is 0 Å². The first-order valence-electron chi connectivity index (χ1n) is 10.5. The molecule has 15 heteroatoms. The van der Waals surface area contributed by atoms with Crippen molar-refractivity contribution in [1.82, 2.24) is 19.6 Å². The Morgan fingerprint density at radius 1 is 1.42 bits per heavy atom. The molecule has 2 aliphatic heterocycles. The third kappa shape index (κ3) is 4.20. The first-order chi connectivity index (χ1) is 17.3. The molecule has 12 nitrogen and oxygen atoms in total. The monoisotopic (exact) mass is 639 g/mol. The van der Waals surface area contributed by atoms with Gasteiger partial charge in [0.25, 0.3) is 17.5 Å². The number of carboxylic acid groups (broad SMARTS) is 1. The van der Waals surface area contributed by atoms with E-state index in [4.69, 9.17) is 10.6 Å². The fraction of sp³-hybridized carbons (Fsp3) is 0.238. The Balaban J connectivity index is 1.38. The van der Waals surface area contributed by atoms with Crippen LogP contribution in [-0.4, -0.2) is 62.1 Å². The minimum absolute atomic E-state index is 0.129. The van der Waals surface area contributed by atoms with Crippen molar-refractivity contribution in [3.05, 3.63) is 56.6 Å². The largest absolute Gasteiger partial charge is 0.543 e. The average molecular weight is 639 g/mol. The molecule has 0 saturated carbocycles. The Bertz CT molecular complexity index is 1470. The lowest BCUT2D eigenvalue weighted by Crippen LogP contribution is -2.71. The van der Waals surface area contributed by atoms with Crippen molar-refractivity contribution in [2.45, 2.75) is 18.0 Å². The number of anilines is 1. The van der Waals surface area contributed by atoms with Crippen LogP contribution >= 0.6 is 45.7 Å². The molecule has 0 aromatic carbocycles. The highest BCUT2D eigenvalue weighted by Crippen LogP contribution is 2.40. The Kier molecular flexibility index (Phi) is 6.60. The van der Waals surface area contributed by atoms with Gasteiger partial charge in [0.2, 0.25) is 0 Å². The zero-order valence-corrected chi connectivity index (χ0v) is 22.4. The molecule has 36 heavy (non-hydrogen) atoms. The second kappa shape index (κ2) is 9.70. The molecule has 1 saturated heterocycles. The predicted octanol–water partition coefficient (Wildman–Crippen LogP) is -0.675. The van der Waals surface area contributed by atoms with Gasteiger partial charge < -0.3 is 25.8 Å². The van der Waals surface area contributed by atoms with Crippen molar-refractivity contribution in [1.29, 1.82) is 0 Å². The van der Waals surface area contributed by atoms with E-state index in [9.17, 15) is 19.5 Å². The molecule has 2 aliphatic rings. The van der Waals surface area contributed by atoms with Crippen LogP contribution in [0.25, 0.3) is 5.65 Å². The Morgan fingerprint density at radius 3 is 2.92 bits per heavy atom. The molecular formula is C21H18IN7O5S2. The number of thiazole rings is 1. The number of β-lactam (4-membered cyclic amide) rings is 1. The van der Waals surface area contributed by atoms with E-state index >= 15 is 0 Å². The summed E-state index contributed by atoms with van der Waals surface area (Å²) < 4.78 is 4.44. The Labute approximate surface area is 225 Å². The number of halogens is 1. The van der Waals surface area contributed by atoms with E-state index in [1.165, 1.54) is 35.1 Å². The number of amides is 2. The van der Waals surface area contributed by atoms with Gasteiger partial charge in [0.05, 0.1) is 20.7 Å². The second-order valence-corrected chi connectivity index (χ2v) is 11.7. The number of oxime groups is 1. The van der Waals surface area contributed by atoms with E-state index in [0.717, 1.165) is 5.65 Å². The molecular weight excluding hydrogens is 621 g/mol. The van der Waals surface area contributed by atoms with E-state index in [1.807, 2.05) is 68.3 Å². The Morgan fingerprint density at radius 2 is 2.22 bits per heavy atom. The third-order valence-electron chi connectivity index (χ3n) is 5.68. The number of nitrogens with zero attached hydrogens (tertiary/aromatic N) is 5. The summed E-state index contributed by atoms with van der Waals surface area (Å²) in [6.07, 6.45) is 5.60. The van der Waals surface area contributed by atoms with E-state index in [0.29, 0.717) is 14.2 Å². The number of carbonyl (C=O) groups excluding carboxylic acids is 3. The maximum absolute atomic E-state index is 13.1. The van der Waals surface area contributed by atoms with Gasteiger partial charge in [-0.25, -0.2) is 14.0 Å². The van der Waals surface area contributed by atoms with E-state index < -0.39 is 29.2 Å². The number of nitrogen functional groups attached to an aromatic ring is 1. The SMILES string of the molecule is CO/N=C(\C(=O)N[C@@H]1C(=O)N2C(C(=O)[O-])=C(C[n+]3ccn4ccccc43)CS[C@@H]12)c1nc(N)sc1I. The average Bonchev–Trinajstić information content (AvgIpc) is 3.42. The number of hydrogen-bond acceptors (Lipinski definition) is 10. The molecule has 5 heterocycles. The normalized spacial score (nSPS) is 19.8. The van der Waals surface area contributed by atoms with Crippen molar-refractivity contribution in [2.75, 3.05) is 18.6 Å². The summed E-state index contributed by atoms with van der Waals surface area (Å²) in [5, 5.41) is 18.2. The van der Waals surface area contributed by atoms with Crippen molar-refractivity contribution < 1.29 is 28.9 Å². The predicted molar refractivity (Wildman–Crippen MR) is 137 cm³/mol. The van der Waals surface area contributed by atoms with Crippen LogP contribution in [0, 0.1) is 2.88 Å². The van der Waals surface area contributed by atoms with Crippen LogP contribution in [0.4, 0.5) is 5.13 Å². The number of pyridine rings is 1. The van der Waals surface area contributed by atoms with Gasteiger partial charge in [-0.2, -0.15) is 0 Å². The summed E-state index contributed by atoms with van der Waals surface area (Å²) in [7, 11) is 1.29. The van der Waals surface area contributed by atoms with Crippen molar-refractivity contribution >= 4 is 80.0 Å². The minimum atomic E-state index is -1.44. The summed E-state index contributed by atoms with van der Waals surface area (Å²) >= 11 is 4.53. The lowest BCUT2D eigenvalue weighted by atomic mass is 10.0. The van der Waals surface area contributed by atoms with Crippen molar-refractivity contribution in [3.63, 3.8) is 0 Å². The molecule has 0 aliphatic carbocycles. The van der Waals surface area contributed by atoms with E-state index in [1.54, 1.807) is 0 Å². The van der Waals surface area contributed by atoms with Gasteiger partial charge in [0.15, 0.2) is 10.8 Å². The smallest absolute Gasteiger partial charge is 0.286 e. The maximum atomic E-state index is 13.1. The lowest BCUT2D eigenvalue weighted by molar-refractivity contribution is -0.662. The lowest BCUT2D eigenvalue weighted by Gasteiger charge is -2.50. The molecule has 0 radical (unpaired) electrons. The topological polar surface area (TPSA) is 158 Å². The zero-order valence-electron chi connectivity index (χ0n) is 18.6. The summed E-state index contributed by atoms with van der Waals surface area (Å²) in [6.45, 7) is 0.276. The van der Waals surface area contributed by atoms with Gasteiger partial charge in [-0.05, 0) is 28.7 Å². The summed E-state index contributed by atoms with van der Waals surface area (Å²) in [5.74, 6) is -2.32. The number of carboxylic acids is 1. The number of thioether (sulfide) groups is 1. The molecule has 186 valence electrons. The fourth-order valence-electron chi connectivity index (χ4n) is 4.13. The van der Waals surface area contributed by atoms with E-state index in [-0.39, 0.29) is 28.8 Å². The highest BCUT2D eigenvalue weighted by Gasteiger charge is 2.53. The standard InChI is InChI=1S/C21H18IN7O5S2/c1-34-26-13(12-16(22)36-21(23)25-12)17(30)24-14-18(31)29-15(20(32)33)10(9-35-19(14)29)8-28-7-6-27-5-3-2-4-11(27)28/h2-7,14,19H,8-9H2,1H3,(H3-,23,24,25,30,32,33)/b26-13-/t14-,19+/m1/s1. The number of imidazole rings is 1. The first kappa shape index (κ1) is 24.5. The van der Waals surface area contributed by atoms with Crippen LogP contribution in [0.2, 0.25) is 0 Å². The Hall–Kier alpha value is -3.18. The van der Waals surface area contributed by atoms with Gasteiger partial charge in [-0.15, -0.1) is 11.8 Å². The number of aromatic nitrogens is 3. The van der Waals surface area contributed by atoms with Crippen LogP contribution in [0.5, 0.6) is 0 Å². The number of carbonyl (C=O) groups is 3. The van der Waals surface area contributed by atoms with Gasteiger partial charge >= 0.3 is 0 Å². The van der Waals surface area contributed by atoms with Crippen molar-refractivity contribution in [2.24, 2.45) is 5.16 Å². The molecule has 2 atom stereocenters. The van der Waals surface area contributed by atoms with Crippen LogP contribution in [0.1, 0.15) is 5.69 Å². The minimum Gasteiger partial charge on any atom is -0.543 e. The number of fused-ring (bicyclic) bond motifs is 2. The van der Waals surface area contributed by atoms with E-state index in [2.05, 4.69) is 15.5 Å². The molecule has 3 aromatic heterocycles. The highest BCUT2D eigenvalue weighted by atomic mass is 127.